The quantitative estimate of drug-likeness (QED) is 0.473. The molecule has 5 nitrogen and oxygen atoms in total. The SMILES string of the molecule is Cc1oc(-c2ccc(C(F)(F)F)cc2)cc1C(=O)Nc1cccc(CSCC(=O)O)c1. The lowest BCUT2D eigenvalue weighted by Crippen LogP contribution is -2.12. The zero-order chi connectivity index (χ0) is 22.6. The summed E-state index contributed by atoms with van der Waals surface area (Å²) >= 11 is 1.25. The number of aryl methyl sites for hydroxylation is 1. The minimum atomic E-state index is -4.43. The number of halogens is 3. The van der Waals surface area contributed by atoms with E-state index < -0.39 is 23.6 Å². The molecule has 162 valence electrons. The molecule has 3 rings (SSSR count). The number of amides is 1. The highest BCUT2D eigenvalue weighted by molar-refractivity contribution is 7.99. The van der Waals surface area contributed by atoms with E-state index in [1.165, 1.54) is 30.0 Å². The van der Waals surface area contributed by atoms with Crippen molar-refractivity contribution in [2.75, 3.05) is 11.1 Å². The maximum Gasteiger partial charge on any atom is 0.416 e. The molecule has 1 heterocycles. The summed E-state index contributed by atoms with van der Waals surface area (Å²) in [5.41, 5.74) is 1.32. The number of nitrogens with one attached hydrogen (secondary N) is 1. The molecule has 0 aliphatic carbocycles. The molecule has 0 aliphatic heterocycles. The first-order chi connectivity index (χ1) is 14.6. The van der Waals surface area contributed by atoms with Crippen LogP contribution in [0.25, 0.3) is 11.3 Å². The molecule has 0 aliphatic rings. The largest absolute Gasteiger partial charge is 0.481 e. The Morgan fingerprint density at radius 3 is 2.45 bits per heavy atom. The van der Waals surface area contributed by atoms with Crippen LogP contribution in [-0.4, -0.2) is 22.7 Å². The van der Waals surface area contributed by atoms with Gasteiger partial charge in [0, 0.05) is 17.0 Å². The van der Waals surface area contributed by atoms with Gasteiger partial charge < -0.3 is 14.8 Å². The van der Waals surface area contributed by atoms with E-state index in [1.807, 2.05) is 6.07 Å². The number of anilines is 1. The third-order valence-corrected chi connectivity index (χ3v) is 5.33. The molecule has 0 fully saturated rings. The number of carbonyl (C=O) groups excluding carboxylic acids is 1. The van der Waals surface area contributed by atoms with Gasteiger partial charge in [-0.1, -0.05) is 24.3 Å². The molecule has 0 radical (unpaired) electrons. The van der Waals surface area contributed by atoms with Crippen LogP contribution < -0.4 is 5.32 Å². The zero-order valence-corrected chi connectivity index (χ0v) is 17.1. The lowest BCUT2D eigenvalue weighted by atomic mass is 10.1. The lowest BCUT2D eigenvalue weighted by molar-refractivity contribution is -0.137. The van der Waals surface area contributed by atoms with Gasteiger partial charge in [-0.2, -0.15) is 13.2 Å². The number of benzene rings is 2. The number of thioether (sulfide) groups is 1. The van der Waals surface area contributed by atoms with Crippen LogP contribution in [0.15, 0.2) is 59.0 Å². The van der Waals surface area contributed by atoms with Crippen molar-refractivity contribution in [2.45, 2.75) is 18.9 Å². The fourth-order valence-electron chi connectivity index (χ4n) is 2.87. The first-order valence-corrected chi connectivity index (χ1v) is 10.3. The van der Waals surface area contributed by atoms with E-state index in [0.717, 1.165) is 17.7 Å². The van der Waals surface area contributed by atoms with E-state index in [4.69, 9.17) is 9.52 Å². The van der Waals surface area contributed by atoms with Crippen LogP contribution >= 0.6 is 11.8 Å². The second kappa shape index (κ2) is 9.30. The number of rotatable bonds is 7. The Hall–Kier alpha value is -3.20. The molecule has 0 spiro atoms. The second-order valence-corrected chi connectivity index (χ2v) is 7.68. The van der Waals surface area contributed by atoms with E-state index in [9.17, 15) is 22.8 Å². The van der Waals surface area contributed by atoms with Crippen LogP contribution in [-0.2, 0) is 16.7 Å². The molecule has 0 saturated heterocycles. The number of carboxylic acid groups (broad SMARTS) is 1. The maximum absolute atomic E-state index is 12.7. The Labute approximate surface area is 180 Å². The summed E-state index contributed by atoms with van der Waals surface area (Å²) in [6.45, 7) is 1.60. The minimum Gasteiger partial charge on any atom is -0.481 e. The van der Waals surface area contributed by atoms with Gasteiger partial charge in [0.1, 0.15) is 11.5 Å². The van der Waals surface area contributed by atoms with Crippen LogP contribution in [0.5, 0.6) is 0 Å². The van der Waals surface area contributed by atoms with Crippen molar-refractivity contribution in [3.63, 3.8) is 0 Å². The monoisotopic (exact) mass is 449 g/mol. The highest BCUT2D eigenvalue weighted by atomic mass is 32.2. The predicted octanol–water partition coefficient (Wildman–Crippen LogP) is 5.84. The van der Waals surface area contributed by atoms with Crippen LogP contribution in [0.1, 0.15) is 27.2 Å². The minimum absolute atomic E-state index is 0.0163. The van der Waals surface area contributed by atoms with Crippen LogP contribution in [0, 0.1) is 6.92 Å². The Bertz CT molecular complexity index is 1090. The molecule has 1 amide bonds. The zero-order valence-electron chi connectivity index (χ0n) is 16.3. The van der Waals surface area contributed by atoms with Crippen LogP contribution in [0.3, 0.4) is 0 Å². The Morgan fingerprint density at radius 2 is 1.81 bits per heavy atom. The van der Waals surface area contributed by atoms with Gasteiger partial charge in [-0.15, -0.1) is 11.8 Å². The van der Waals surface area contributed by atoms with Gasteiger partial charge in [0.15, 0.2) is 0 Å². The first kappa shape index (κ1) is 22.5. The number of carbonyl (C=O) groups is 2. The smallest absolute Gasteiger partial charge is 0.416 e. The maximum atomic E-state index is 12.7. The molecular weight excluding hydrogens is 431 g/mol. The summed E-state index contributed by atoms with van der Waals surface area (Å²) in [6.07, 6.45) is -4.43. The summed E-state index contributed by atoms with van der Waals surface area (Å²) in [7, 11) is 0. The highest BCUT2D eigenvalue weighted by Crippen LogP contribution is 2.32. The Kier molecular flexibility index (Phi) is 6.74. The number of aliphatic carboxylic acids is 1. The fraction of sp³-hybridized carbons (Fsp3) is 0.182. The summed E-state index contributed by atoms with van der Waals surface area (Å²) in [4.78, 5) is 23.3. The van der Waals surface area contributed by atoms with Crippen LogP contribution in [0.4, 0.5) is 18.9 Å². The summed E-state index contributed by atoms with van der Waals surface area (Å²) in [5, 5.41) is 11.5. The van der Waals surface area contributed by atoms with Gasteiger partial charge in [-0.25, -0.2) is 0 Å². The molecule has 1 aromatic heterocycles. The Morgan fingerprint density at radius 1 is 1.10 bits per heavy atom. The average Bonchev–Trinajstić information content (AvgIpc) is 3.09. The van der Waals surface area contributed by atoms with Crippen molar-refractivity contribution in [3.8, 4) is 11.3 Å². The molecular formula is C22H18F3NO4S. The van der Waals surface area contributed by atoms with Gasteiger partial charge >= 0.3 is 12.1 Å². The number of hydrogen-bond donors (Lipinski definition) is 2. The molecule has 0 unspecified atom stereocenters. The number of furan rings is 1. The predicted molar refractivity (Wildman–Crippen MR) is 112 cm³/mol. The summed E-state index contributed by atoms with van der Waals surface area (Å²) in [5.74, 6) is -0.227. The number of alkyl halides is 3. The van der Waals surface area contributed by atoms with Gasteiger partial charge in [-0.05, 0) is 42.8 Å². The van der Waals surface area contributed by atoms with Gasteiger partial charge in [0.2, 0.25) is 0 Å². The van der Waals surface area contributed by atoms with E-state index in [0.29, 0.717) is 22.8 Å². The molecule has 0 bridgehead atoms. The number of carboxylic acids is 1. The molecule has 2 N–H and O–H groups in total. The molecule has 0 saturated carbocycles. The standard InChI is InChI=1S/C22H18F3NO4S/c1-13-18(10-19(30-13)15-5-7-16(8-6-15)22(23,24)25)21(29)26-17-4-2-3-14(9-17)11-31-12-20(27)28/h2-10H,11-12H2,1H3,(H,26,29)(H,27,28). The topological polar surface area (TPSA) is 79.5 Å². The second-order valence-electron chi connectivity index (χ2n) is 6.70. The van der Waals surface area contributed by atoms with E-state index >= 15 is 0 Å². The van der Waals surface area contributed by atoms with Gasteiger partial charge in [0.05, 0.1) is 16.9 Å². The molecule has 3 aromatic rings. The van der Waals surface area contributed by atoms with Crippen molar-refractivity contribution in [2.24, 2.45) is 0 Å². The Balaban J connectivity index is 1.72. The van der Waals surface area contributed by atoms with Crippen molar-refractivity contribution >= 4 is 29.3 Å². The molecule has 9 heteroatoms. The third-order valence-electron chi connectivity index (χ3n) is 4.34. The molecule has 2 aromatic carbocycles. The van der Waals surface area contributed by atoms with Crippen molar-refractivity contribution < 1.29 is 32.3 Å². The summed E-state index contributed by atoms with van der Waals surface area (Å²) < 4.78 is 43.8. The van der Waals surface area contributed by atoms with Crippen molar-refractivity contribution in [1.82, 2.24) is 0 Å². The summed E-state index contributed by atoms with van der Waals surface area (Å²) in [6, 6.07) is 13.0. The molecule has 31 heavy (non-hydrogen) atoms. The van der Waals surface area contributed by atoms with E-state index in [2.05, 4.69) is 5.32 Å². The first-order valence-electron chi connectivity index (χ1n) is 9.11. The highest BCUT2D eigenvalue weighted by Gasteiger charge is 2.30. The third kappa shape index (κ3) is 5.91. The van der Waals surface area contributed by atoms with Crippen LogP contribution in [0.2, 0.25) is 0 Å². The van der Waals surface area contributed by atoms with Crippen molar-refractivity contribution in [3.05, 3.63) is 77.0 Å². The normalized spacial score (nSPS) is 11.4. The van der Waals surface area contributed by atoms with Crippen molar-refractivity contribution in [1.29, 1.82) is 0 Å². The average molecular weight is 449 g/mol. The number of hydrogen-bond acceptors (Lipinski definition) is 4. The van der Waals surface area contributed by atoms with Gasteiger partial charge in [0.25, 0.3) is 5.91 Å². The van der Waals surface area contributed by atoms with E-state index in [-0.39, 0.29) is 17.1 Å². The fourth-order valence-corrected chi connectivity index (χ4v) is 3.56. The molecule has 0 atom stereocenters. The lowest BCUT2D eigenvalue weighted by Gasteiger charge is -2.07. The van der Waals surface area contributed by atoms with Gasteiger partial charge in [-0.3, -0.25) is 9.59 Å². The van der Waals surface area contributed by atoms with E-state index in [1.54, 1.807) is 25.1 Å².